The number of anilines is 1. The zero-order chi connectivity index (χ0) is 19.6. The van der Waals surface area contributed by atoms with E-state index in [2.05, 4.69) is 4.98 Å². The molecule has 2 aromatic rings. The first-order chi connectivity index (χ1) is 13.6. The number of hydrogen-bond acceptors (Lipinski definition) is 3. The SMILES string of the molecule is Cc1ccc(N2CCCC3(CCCN3C(=O)CCc3ccncc3)C2=O)cc1. The predicted octanol–water partition coefficient (Wildman–Crippen LogP) is 3.51. The summed E-state index contributed by atoms with van der Waals surface area (Å²) in [4.78, 5) is 34.4. The van der Waals surface area contributed by atoms with Gasteiger partial charge in [-0.2, -0.15) is 0 Å². The monoisotopic (exact) mass is 377 g/mol. The lowest BCUT2D eigenvalue weighted by atomic mass is 9.84. The number of aromatic nitrogens is 1. The Morgan fingerprint density at radius 2 is 1.71 bits per heavy atom. The van der Waals surface area contributed by atoms with Crippen LogP contribution in [0.15, 0.2) is 48.8 Å². The molecule has 2 fully saturated rings. The number of hydrogen-bond donors (Lipinski definition) is 0. The third-order valence-electron chi connectivity index (χ3n) is 6.13. The van der Waals surface area contributed by atoms with Crippen molar-refractivity contribution < 1.29 is 9.59 Å². The van der Waals surface area contributed by atoms with E-state index in [4.69, 9.17) is 0 Å². The molecule has 0 N–H and O–H groups in total. The molecule has 5 heteroatoms. The molecule has 2 aliphatic heterocycles. The number of aryl methyl sites for hydroxylation is 2. The van der Waals surface area contributed by atoms with Gasteiger partial charge >= 0.3 is 0 Å². The van der Waals surface area contributed by atoms with E-state index in [1.807, 2.05) is 53.1 Å². The van der Waals surface area contributed by atoms with E-state index in [9.17, 15) is 9.59 Å². The number of carbonyl (C=O) groups is 2. The molecule has 28 heavy (non-hydrogen) atoms. The molecule has 1 unspecified atom stereocenters. The molecule has 0 aliphatic carbocycles. The summed E-state index contributed by atoms with van der Waals surface area (Å²) in [5.41, 5.74) is 2.56. The van der Waals surface area contributed by atoms with Crippen LogP contribution < -0.4 is 4.90 Å². The Morgan fingerprint density at radius 1 is 1.04 bits per heavy atom. The van der Waals surface area contributed by atoms with E-state index in [1.165, 1.54) is 5.56 Å². The highest BCUT2D eigenvalue weighted by Gasteiger charge is 2.52. The minimum Gasteiger partial charge on any atom is -0.328 e. The van der Waals surface area contributed by atoms with Gasteiger partial charge in [-0.25, -0.2) is 0 Å². The highest BCUT2D eigenvalue weighted by Crippen LogP contribution is 2.40. The van der Waals surface area contributed by atoms with Gasteiger partial charge < -0.3 is 9.80 Å². The molecule has 146 valence electrons. The van der Waals surface area contributed by atoms with Gasteiger partial charge in [-0.1, -0.05) is 17.7 Å². The van der Waals surface area contributed by atoms with E-state index < -0.39 is 5.54 Å². The Morgan fingerprint density at radius 3 is 2.43 bits per heavy atom. The van der Waals surface area contributed by atoms with Crippen molar-refractivity contribution in [3.05, 3.63) is 59.9 Å². The van der Waals surface area contributed by atoms with Crippen LogP contribution in [-0.4, -0.2) is 40.3 Å². The van der Waals surface area contributed by atoms with Crippen LogP contribution in [0.2, 0.25) is 0 Å². The summed E-state index contributed by atoms with van der Waals surface area (Å²) in [5, 5.41) is 0. The van der Waals surface area contributed by atoms with Crippen LogP contribution in [0.4, 0.5) is 5.69 Å². The quantitative estimate of drug-likeness (QED) is 0.819. The molecule has 0 saturated carbocycles. The second kappa shape index (κ2) is 7.74. The van der Waals surface area contributed by atoms with E-state index in [0.717, 1.165) is 43.5 Å². The maximum atomic E-state index is 13.5. The Hall–Kier alpha value is -2.69. The molecular formula is C23H27N3O2. The number of carbonyl (C=O) groups excluding carboxylic acids is 2. The van der Waals surface area contributed by atoms with E-state index in [-0.39, 0.29) is 11.8 Å². The molecule has 0 bridgehead atoms. The Bertz CT molecular complexity index is 850. The lowest BCUT2D eigenvalue weighted by Gasteiger charge is -2.44. The molecule has 1 aromatic carbocycles. The molecule has 5 nitrogen and oxygen atoms in total. The normalized spacial score (nSPS) is 22.1. The van der Waals surface area contributed by atoms with Crippen LogP contribution in [0.25, 0.3) is 0 Å². The van der Waals surface area contributed by atoms with Gasteiger partial charge in [-0.05, 0) is 68.9 Å². The van der Waals surface area contributed by atoms with Gasteiger partial charge in [0.2, 0.25) is 5.91 Å². The first-order valence-electron chi connectivity index (χ1n) is 10.2. The summed E-state index contributed by atoms with van der Waals surface area (Å²) in [6, 6.07) is 12.0. The first-order valence-corrected chi connectivity index (χ1v) is 10.2. The zero-order valence-electron chi connectivity index (χ0n) is 16.4. The van der Waals surface area contributed by atoms with Crippen molar-refractivity contribution in [2.24, 2.45) is 0 Å². The summed E-state index contributed by atoms with van der Waals surface area (Å²) in [7, 11) is 0. The average molecular weight is 377 g/mol. The topological polar surface area (TPSA) is 53.5 Å². The third-order valence-corrected chi connectivity index (χ3v) is 6.13. The van der Waals surface area contributed by atoms with Crippen molar-refractivity contribution in [3.63, 3.8) is 0 Å². The van der Waals surface area contributed by atoms with Crippen LogP contribution in [0.1, 0.15) is 43.2 Å². The van der Waals surface area contributed by atoms with E-state index in [1.54, 1.807) is 12.4 Å². The van der Waals surface area contributed by atoms with Gasteiger partial charge in [-0.15, -0.1) is 0 Å². The fraction of sp³-hybridized carbons (Fsp3) is 0.435. The molecular weight excluding hydrogens is 350 g/mol. The van der Waals surface area contributed by atoms with E-state index >= 15 is 0 Å². The van der Waals surface area contributed by atoms with Crippen LogP contribution in [0.5, 0.6) is 0 Å². The summed E-state index contributed by atoms with van der Waals surface area (Å²) in [5.74, 6) is 0.186. The molecule has 2 amide bonds. The van der Waals surface area contributed by atoms with E-state index in [0.29, 0.717) is 19.4 Å². The highest BCUT2D eigenvalue weighted by molar-refractivity contribution is 6.03. The third kappa shape index (κ3) is 3.41. The Labute approximate surface area is 166 Å². The minimum atomic E-state index is -0.654. The summed E-state index contributed by atoms with van der Waals surface area (Å²) in [6.07, 6.45) is 7.99. The Balaban J connectivity index is 1.52. The minimum absolute atomic E-state index is 0.0911. The molecule has 2 saturated heterocycles. The summed E-state index contributed by atoms with van der Waals surface area (Å²) >= 11 is 0. The molecule has 1 aromatic heterocycles. The fourth-order valence-electron chi connectivity index (χ4n) is 4.62. The molecule has 1 atom stereocenters. The van der Waals surface area contributed by atoms with Crippen molar-refractivity contribution in [3.8, 4) is 0 Å². The van der Waals surface area contributed by atoms with Crippen molar-refractivity contribution >= 4 is 17.5 Å². The number of benzene rings is 1. The maximum absolute atomic E-state index is 13.5. The summed E-state index contributed by atoms with van der Waals surface area (Å²) in [6.45, 7) is 3.45. The van der Waals surface area contributed by atoms with Gasteiger partial charge in [0, 0.05) is 37.6 Å². The number of pyridine rings is 1. The first kappa shape index (κ1) is 18.7. The fourth-order valence-corrected chi connectivity index (χ4v) is 4.62. The van der Waals surface area contributed by atoms with Gasteiger partial charge in [0.15, 0.2) is 0 Å². The number of amides is 2. The average Bonchev–Trinajstić information content (AvgIpc) is 3.14. The van der Waals surface area contributed by atoms with Crippen molar-refractivity contribution in [1.82, 2.24) is 9.88 Å². The molecule has 2 aliphatic rings. The standard InChI is InChI=1S/C23H27N3O2/c1-18-4-7-20(8-5-18)25-16-2-12-23(22(25)28)13-3-17-26(23)21(27)9-6-19-10-14-24-15-11-19/h4-5,7-8,10-11,14-15H,2-3,6,9,12-13,16-17H2,1H3. The number of piperidine rings is 1. The van der Waals surface area contributed by atoms with Crippen LogP contribution in [-0.2, 0) is 16.0 Å². The smallest absolute Gasteiger partial charge is 0.252 e. The molecule has 4 rings (SSSR count). The van der Waals surface area contributed by atoms with Crippen LogP contribution in [0.3, 0.4) is 0 Å². The Kier molecular flexibility index (Phi) is 5.16. The molecule has 0 radical (unpaired) electrons. The lowest BCUT2D eigenvalue weighted by molar-refractivity contribution is -0.145. The van der Waals surface area contributed by atoms with Crippen molar-refractivity contribution in [1.29, 1.82) is 0 Å². The second-order valence-corrected chi connectivity index (χ2v) is 7.93. The van der Waals surface area contributed by atoms with Crippen LogP contribution in [0, 0.1) is 6.92 Å². The van der Waals surface area contributed by atoms with Gasteiger partial charge in [0.1, 0.15) is 5.54 Å². The molecule has 1 spiro atoms. The number of likely N-dealkylation sites (tertiary alicyclic amines) is 1. The zero-order valence-corrected chi connectivity index (χ0v) is 16.4. The van der Waals surface area contributed by atoms with Crippen LogP contribution >= 0.6 is 0 Å². The largest absolute Gasteiger partial charge is 0.328 e. The number of rotatable bonds is 4. The van der Waals surface area contributed by atoms with Gasteiger partial charge in [0.05, 0.1) is 0 Å². The maximum Gasteiger partial charge on any atom is 0.252 e. The van der Waals surface area contributed by atoms with Crippen molar-refractivity contribution in [2.45, 2.75) is 51.0 Å². The van der Waals surface area contributed by atoms with Crippen molar-refractivity contribution in [2.75, 3.05) is 18.0 Å². The second-order valence-electron chi connectivity index (χ2n) is 7.93. The van der Waals surface area contributed by atoms with Gasteiger partial charge in [-0.3, -0.25) is 14.6 Å². The number of nitrogens with zero attached hydrogens (tertiary/aromatic N) is 3. The lowest BCUT2D eigenvalue weighted by Crippen LogP contribution is -2.61. The molecule has 3 heterocycles. The highest BCUT2D eigenvalue weighted by atomic mass is 16.2. The van der Waals surface area contributed by atoms with Gasteiger partial charge in [0.25, 0.3) is 5.91 Å². The summed E-state index contributed by atoms with van der Waals surface area (Å²) < 4.78 is 0. The predicted molar refractivity (Wildman–Crippen MR) is 109 cm³/mol.